The first kappa shape index (κ1) is 14.2. The van der Waals surface area contributed by atoms with Gasteiger partial charge in [-0.1, -0.05) is 32.0 Å². The Balaban J connectivity index is 2.28. The molecule has 104 valence electrons. The van der Waals surface area contributed by atoms with Gasteiger partial charge in [-0.15, -0.1) is 0 Å². The number of aryl methyl sites for hydroxylation is 2. The molecule has 0 atom stereocenters. The van der Waals surface area contributed by atoms with E-state index in [1.807, 2.05) is 31.2 Å². The van der Waals surface area contributed by atoms with Crippen LogP contribution in [0.4, 0.5) is 5.69 Å². The van der Waals surface area contributed by atoms with Crippen LogP contribution in [0.1, 0.15) is 47.3 Å². The van der Waals surface area contributed by atoms with Crippen LogP contribution < -0.4 is 5.32 Å². The fourth-order valence-electron chi connectivity index (χ4n) is 2.13. The minimum Gasteiger partial charge on any atom is -0.320 e. The number of benzene rings is 1. The van der Waals surface area contributed by atoms with Gasteiger partial charge in [0.1, 0.15) is 11.5 Å². The Morgan fingerprint density at radius 2 is 1.85 bits per heavy atom. The second kappa shape index (κ2) is 5.82. The van der Waals surface area contributed by atoms with Crippen LogP contribution in [0.2, 0.25) is 0 Å². The smallest absolute Gasteiger partial charge is 0.274 e. The molecule has 1 aromatic carbocycles. The van der Waals surface area contributed by atoms with E-state index in [1.165, 1.54) is 0 Å². The van der Waals surface area contributed by atoms with E-state index in [1.54, 1.807) is 13.0 Å². The van der Waals surface area contributed by atoms with Gasteiger partial charge < -0.3 is 5.32 Å². The lowest BCUT2D eigenvalue weighted by atomic mass is 10.0. The molecule has 4 heteroatoms. The zero-order chi connectivity index (χ0) is 14.7. The zero-order valence-electron chi connectivity index (χ0n) is 12.3. The van der Waals surface area contributed by atoms with Crippen molar-refractivity contribution in [3.8, 4) is 0 Å². The molecule has 2 aromatic rings. The number of aromatic nitrogens is 2. The molecular weight excluding hydrogens is 250 g/mol. The second-order valence-corrected chi connectivity index (χ2v) is 5.14. The molecule has 0 aliphatic heterocycles. The van der Waals surface area contributed by atoms with Gasteiger partial charge in [-0.05, 0) is 37.5 Å². The van der Waals surface area contributed by atoms with Crippen molar-refractivity contribution in [2.75, 3.05) is 5.32 Å². The van der Waals surface area contributed by atoms with Crippen molar-refractivity contribution in [2.24, 2.45) is 0 Å². The van der Waals surface area contributed by atoms with Crippen molar-refractivity contribution < 1.29 is 4.79 Å². The average Bonchev–Trinajstić information content (AvgIpc) is 2.37. The minimum atomic E-state index is -0.202. The van der Waals surface area contributed by atoms with Crippen LogP contribution in [0.5, 0.6) is 0 Å². The van der Waals surface area contributed by atoms with E-state index in [2.05, 4.69) is 29.1 Å². The summed E-state index contributed by atoms with van der Waals surface area (Å²) in [5.41, 5.74) is 3.14. The van der Waals surface area contributed by atoms with Crippen molar-refractivity contribution in [1.82, 2.24) is 9.97 Å². The number of anilines is 1. The van der Waals surface area contributed by atoms with Crippen LogP contribution in [0.3, 0.4) is 0 Å². The Morgan fingerprint density at radius 1 is 1.15 bits per heavy atom. The third-order valence-electron chi connectivity index (χ3n) is 3.03. The molecule has 0 aliphatic rings. The quantitative estimate of drug-likeness (QED) is 0.928. The highest BCUT2D eigenvalue weighted by Gasteiger charge is 2.12. The molecule has 0 spiro atoms. The second-order valence-electron chi connectivity index (χ2n) is 5.14. The number of carbonyl (C=O) groups is 1. The number of nitrogens with one attached hydrogen (secondary N) is 1. The molecule has 4 nitrogen and oxygen atoms in total. The molecule has 1 aromatic heterocycles. The maximum atomic E-state index is 12.3. The topological polar surface area (TPSA) is 54.9 Å². The lowest BCUT2D eigenvalue weighted by molar-refractivity contribution is 0.102. The van der Waals surface area contributed by atoms with Crippen molar-refractivity contribution in [1.29, 1.82) is 0 Å². The van der Waals surface area contributed by atoms with Gasteiger partial charge in [0.05, 0.1) is 0 Å². The van der Waals surface area contributed by atoms with Crippen LogP contribution in [0.15, 0.2) is 30.3 Å². The van der Waals surface area contributed by atoms with Gasteiger partial charge in [-0.2, -0.15) is 0 Å². The highest BCUT2D eigenvalue weighted by molar-refractivity contribution is 6.03. The van der Waals surface area contributed by atoms with E-state index >= 15 is 0 Å². The summed E-state index contributed by atoms with van der Waals surface area (Å²) in [5.74, 6) is 0.749. The molecule has 0 saturated heterocycles. The third-order valence-corrected chi connectivity index (χ3v) is 3.03. The number of hydrogen-bond acceptors (Lipinski definition) is 3. The normalized spacial score (nSPS) is 10.7. The van der Waals surface area contributed by atoms with Crippen molar-refractivity contribution in [3.63, 3.8) is 0 Å². The van der Waals surface area contributed by atoms with Gasteiger partial charge in [0.2, 0.25) is 0 Å². The Labute approximate surface area is 119 Å². The van der Waals surface area contributed by atoms with E-state index in [4.69, 9.17) is 0 Å². The van der Waals surface area contributed by atoms with Crippen molar-refractivity contribution >= 4 is 11.6 Å². The molecule has 0 fully saturated rings. The summed E-state index contributed by atoms with van der Waals surface area (Å²) in [4.78, 5) is 20.7. The molecule has 0 unspecified atom stereocenters. The van der Waals surface area contributed by atoms with Gasteiger partial charge in [0.15, 0.2) is 0 Å². The summed E-state index contributed by atoms with van der Waals surface area (Å²) in [6.45, 7) is 7.84. The fraction of sp³-hybridized carbons (Fsp3) is 0.312. The molecule has 0 bridgehead atoms. The van der Waals surface area contributed by atoms with Crippen LogP contribution >= 0.6 is 0 Å². The Hall–Kier alpha value is -2.23. The molecule has 1 heterocycles. The first-order valence-electron chi connectivity index (χ1n) is 6.70. The summed E-state index contributed by atoms with van der Waals surface area (Å²) in [5, 5.41) is 2.93. The number of rotatable bonds is 3. The predicted octanol–water partition coefficient (Wildman–Crippen LogP) is 3.47. The maximum absolute atomic E-state index is 12.3. The summed E-state index contributed by atoms with van der Waals surface area (Å²) >= 11 is 0. The van der Waals surface area contributed by atoms with Crippen LogP contribution in [0, 0.1) is 13.8 Å². The molecule has 2 rings (SSSR count). The molecule has 0 aliphatic carbocycles. The van der Waals surface area contributed by atoms with Crippen LogP contribution in [0.25, 0.3) is 0 Å². The largest absolute Gasteiger partial charge is 0.320 e. The fourth-order valence-corrected chi connectivity index (χ4v) is 2.13. The first-order chi connectivity index (χ1) is 9.47. The molecule has 0 saturated carbocycles. The van der Waals surface area contributed by atoms with E-state index in [0.29, 0.717) is 17.4 Å². The van der Waals surface area contributed by atoms with Gasteiger partial charge in [0, 0.05) is 11.4 Å². The van der Waals surface area contributed by atoms with E-state index in [-0.39, 0.29) is 5.91 Å². The van der Waals surface area contributed by atoms with Crippen LogP contribution in [-0.4, -0.2) is 15.9 Å². The summed E-state index contributed by atoms with van der Waals surface area (Å²) in [7, 11) is 0. The standard InChI is InChI=1S/C16H19N3O/c1-10(2)13-7-5-6-8-14(13)19-16(20)15-9-11(3)17-12(4)18-15/h5-10H,1-4H3,(H,19,20). The number of amides is 1. The molecule has 20 heavy (non-hydrogen) atoms. The minimum absolute atomic E-state index is 0.202. The predicted molar refractivity (Wildman–Crippen MR) is 80.0 cm³/mol. The molecule has 1 amide bonds. The lowest BCUT2D eigenvalue weighted by Crippen LogP contribution is -2.16. The number of carbonyl (C=O) groups excluding carboxylic acids is 1. The summed E-state index contributed by atoms with van der Waals surface area (Å²) in [6, 6.07) is 9.52. The van der Waals surface area contributed by atoms with Gasteiger partial charge in [-0.3, -0.25) is 4.79 Å². The highest BCUT2D eigenvalue weighted by Crippen LogP contribution is 2.24. The number of hydrogen-bond donors (Lipinski definition) is 1. The average molecular weight is 269 g/mol. The third kappa shape index (κ3) is 3.20. The van der Waals surface area contributed by atoms with Crippen molar-refractivity contribution in [2.45, 2.75) is 33.6 Å². The Bertz CT molecular complexity index is 615. The Kier molecular flexibility index (Phi) is 4.13. The Morgan fingerprint density at radius 3 is 2.50 bits per heavy atom. The summed E-state index contributed by atoms with van der Waals surface area (Å²) in [6.07, 6.45) is 0. The van der Waals surface area contributed by atoms with Gasteiger partial charge >= 0.3 is 0 Å². The van der Waals surface area contributed by atoms with E-state index in [9.17, 15) is 4.79 Å². The van der Waals surface area contributed by atoms with E-state index in [0.717, 1.165) is 16.9 Å². The van der Waals surface area contributed by atoms with Crippen molar-refractivity contribution in [3.05, 3.63) is 53.1 Å². The molecule has 0 radical (unpaired) electrons. The molecular formula is C16H19N3O. The molecule has 1 N–H and O–H groups in total. The first-order valence-corrected chi connectivity index (χ1v) is 6.70. The highest BCUT2D eigenvalue weighted by atomic mass is 16.1. The maximum Gasteiger partial charge on any atom is 0.274 e. The zero-order valence-corrected chi connectivity index (χ0v) is 12.3. The number of nitrogens with zero attached hydrogens (tertiary/aromatic N) is 2. The van der Waals surface area contributed by atoms with Gasteiger partial charge in [0.25, 0.3) is 5.91 Å². The van der Waals surface area contributed by atoms with Crippen LogP contribution in [-0.2, 0) is 0 Å². The number of para-hydroxylation sites is 1. The van der Waals surface area contributed by atoms with E-state index < -0.39 is 0 Å². The summed E-state index contributed by atoms with van der Waals surface area (Å²) < 4.78 is 0. The monoisotopic (exact) mass is 269 g/mol. The lowest BCUT2D eigenvalue weighted by Gasteiger charge is -2.13. The van der Waals surface area contributed by atoms with Gasteiger partial charge in [-0.25, -0.2) is 9.97 Å². The SMILES string of the molecule is Cc1cc(C(=O)Nc2ccccc2C(C)C)nc(C)n1.